The van der Waals surface area contributed by atoms with Crippen molar-refractivity contribution in [2.75, 3.05) is 19.6 Å². The highest BCUT2D eigenvalue weighted by atomic mass is 16.2. The number of carbonyl (C=O) groups is 1. The summed E-state index contributed by atoms with van der Waals surface area (Å²) in [4.78, 5) is 42.6. The van der Waals surface area contributed by atoms with E-state index >= 15 is 0 Å². The molecule has 2 aromatic rings. The van der Waals surface area contributed by atoms with Crippen molar-refractivity contribution in [2.45, 2.75) is 70.4 Å². The van der Waals surface area contributed by atoms with Gasteiger partial charge in [0, 0.05) is 45.0 Å². The van der Waals surface area contributed by atoms with E-state index in [1.807, 2.05) is 4.90 Å². The monoisotopic (exact) mass is 435 g/mol. The minimum absolute atomic E-state index is 0.0299. The van der Waals surface area contributed by atoms with E-state index in [-0.39, 0.29) is 17.5 Å². The van der Waals surface area contributed by atoms with Crippen LogP contribution in [0.15, 0.2) is 29.3 Å². The van der Waals surface area contributed by atoms with Gasteiger partial charge in [0.15, 0.2) is 0 Å². The van der Waals surface area contributed by atoms with Crippen molar-refractivity contribution in [1.29, 1.82) is 0 Å². The molecule has 32 heavy (non-hydrogen) atoms. The number of pyridine rings is 1. The lowest BCUT2D eigenvalue weighted by Crippen LogP contribution is -2.42. The molecule has 4 heterocycles. The van der Waals surface area contributed by atoms with Gasteiger partial charge in [0.05, 0.1) is 22.9 Å². The van der Waals surface area contributed by atoms with Gasteiger partial charge in [0.25, 0.3) is 11.5 Å². The molecule has 1 aliphatic carbocycles. The highest BCUT2D eigenvalue weighted by Crippen LogP contribution is 2.31. The number of aromatic nitrogens is 3. The van der Waals surface area contributed by atoms with E-state index in [2.05, 4.69) is 14.9 Å². The number of hydrogen-bond donors (Lipinski definition) is 1. The number of likely N-dealkylation sites (tertiary alicyclic amines) is 1. The summed E-state index contributed by atoms with van der Waals surface area (Å²) in [6.07, 6.45) is 13.6. The fourth-order valence-electron chi connectivity index (χ4n) is 5.66. The van der Waals surface area contributed by atoms with Gasteiger partial charge in [-0.3, -0.25) is 19.5 Å². The molecule has 2 fully saturated rings. The largest absolute Gasteiger partial charge is 0.328 e. The summed E-state index contributed by atoms with van der Waals surface area (Å²) in [7, 11) is 0. The van der Waals surface area contributed by atoms with E-state index in [1.54, 1.807) is 24.5 Å². The maximum atomic E-state index is 13.1. The topological polar surface area (TPSA) is 82.2 Å². The first-order valence-electron chi connectivity index (χ1n) is 12.2. The average Bonchev–Trinajstić information content (AvgIpc) is 2.85. The summed E-state index contributed by atoms with van der Waals surface area (Å²) in [5, 5.41) is 0. The van der Waals surface area contributed by atoms with Crippen LogP contribution in [0.1, 0.15) is 84.8 Å². The average molecular weight is 436 g/mol. The van der Waals surface area contributed by atoms with Crippen LogP contribution in [0.4, 0.5) is 0 Å². The Morgan fingerprint density at radius 1 is 1.09 bits per heavy atom. The van der Waals surface area contributed by atoms with Crippen molar-refractivity contribution in [2.24, 2.45) is 5.92 Å². The SMILES string of the molecule is O=C(c1cccnc1)N1CCCC[C@@H]1c1nc2c(c(=O)[nH]1)CN(CC1CCCCC1)CC2. The molecule has 1 amide bonds. The molecule has 0 aromatic carbocycles. The van der Waals surface area contributed by atoms with E-state index in [4.69, 9.17) is 4.98 Å². The smallest absolute Gasteiger partial charge is 0.256 e. The van der Waals surface area contributed by atoms with Crippen LogP contribution in [0, 0.1) is 5.92 Å². The summed E-state index contributed by atoms with van der Waals surface area (Å²) in [6.45, 7) is 3.42. The second-order valence-electron chi connectivity index (χ2n) is 9.62. The minimum atomic E-state index is -0.185. The molecular weight excluding hydrogens is 402 g/mol. The third kappa shape index (κ3) is 4.49. The summed E-state index contributed by atoms with van der Waals surface area (Å²) >= 11 is 0. The second kappa shape index (κ2) is 9.53. The first-order valence-corrected chi connectivity index (χ1v) is 12.2. The van der Waals surface area contributed by atoms with E-state index < -0.39 is 0 Å². The number of piperidine rings is 1. The number of carbonyl (C=O) groups excluding carboxylic acids is 1. The Morgan fingerprint density at radius 3 is 2.75 bits per heavy atom. The van der Waals surface area contributed by atoms with Crippen LogP contribution in [-0.2, 0) is 13.0 Å². The number of nitrogens with one attached hydrogen (secondary N) is 1. The predicted molar refractivity (Wildman–Crippen MR) is 122 cm³/mol. The zero-order valence-corrected chi connectivity index (χ0v) is 18.8. The van der Waals surface area contributed by atoms with Gasteiger partial charge in [-0.05, 0) is 50.2 Å². The van der Waals surface area contributed by atoms with Crippen LogP contribution in [0.25, 0.3) is 0 Å². The molecule has 7 heteroatoms. The maximum absolute atomic E-state index is 13.1. The zero-order chi connectivity index (χ0) is 21.9. The van der Waals surface area contributed by atoms with Crippen molar-refractivity contribution >= 4 is 5.91 Å². The van der Waals surface area contributed by atoms with E-state index in [9.17, 15) is 9.59 Å². The lowest BCUT2D eigenvalue weighted by atomic mass is 9.88. The van der Waals surface area contributed by atoms with Crippen molar-refractivity contribution in [3.05, 3.63) is 57.5 Å². The molecule has 2 aliphatic heterocycles. The molecule has 3 aliphatic rings. The fraction of sp³-hybridized carbons (Fsp3) is 0.600. The number of rotatable bonds is 4. The van der Waals surface area contributed by atoms with Crippen molar-refractivity contribution in [3.63, 3.8) is 0 Å². The molecule has 170 valence electrons. The van der Waals surface area contributed by atoms with Gasteiger partial charge in [-0.15, -0.1) is 0 Å². The van der Waals surface area contributed by atoms with Crippen LogP contribution in [0.5, 0.6) is 0 Å². The summed E-state index contributed by atoms with van der Waals surface area (Å²) in [6, 6.07) is 3.39. The summed E-state index contributed by atoms with van der Waals surface area (Å²) in [5.41, 5.74) is 2.29. The van der Waals surface area contributed by atoms with E-state index in [1.165, 1.54) is 32.1 Å². The predicted octanol–water partition coefficient (Wildman–Crippen LogP) is 3.47. The number of H-pyrrole nitrogens is 1. The maximum Gasteiger partial charge on any atom is 0.256 e. The molecule has 1 atom stereocenters. The third-order valence-corrected chi connectivity index (χ3v) is 7.39. The molecule has 2 aromatic heterocycles. The van der Waals surface area contributed by atoms with Gasteiger partial charge in [0.2, 0.25) is 0 Å². The molecule has 5 rings (SSSR count). The number of amides is 1. The summed E-state index contributed by atoms with van der Waals surface area (Å²) < 4.78 is 0. The van der Waals surface area contributed by atoms with Crippen molar-refractivity contribution in [1.82, 2.24) is 24.8 Å². The Hall–Kier alpha value is -2.54. The standard InChI is InChI=1S/C25H33N5O2/c31-24-20-17-29(16-18-7-2-1-3-8-18)14-11-21(20)27-23(28-24)22-10-4-5-13-30(22)25(32)19-9-6-12-26-15-19/h6,9,12,15,18,22H,1-5,7-8,10-11,13-14,16-17H2,(H,27,28,31)/t22-/m1/s1. The van der Waals surface area contributed by atoms with Gasteiger partial charge < -0.3 is 9.88 Å². The van der Waals surface area contributed by atoms with Gasteiger partial charge in [-0.2, -0.15) is 0 Å². The van der Waals surface area contributed by atoms with Gasteiger partial charge >= 0.3 is 0 Å². The number of nitrogens with zero attached hydrogens (tertiary/aromatic N) is 4. The first kappa shape index (κ1) is 21.3. The highest BCUT2D eigenvalue weighted by Gasteiger charge is 2.32. The minimum Gasteiger partial charge on any atom is -0.328 e. The lowest BCUT2D eigenvalue weighted by molar-refractivity contribution is 0.0598. The van der Waals surface area contributed by atoms with Crippen LogP contribution in [-0.4, -0.2) is 50.3 Å². The zero-order valence-electron chi connectivity index (χ0n) is 18.8. The van der Waals surface area contributed by atoms with Crippen molar-refractivity contribution in [3.8, 4) is 0 Å². The quantitative estimate of drug-likeness (QED) is 0.795. The number of aromatic amines is 1. The van der Waals surface area contributed by atoms with Crippen LogP contribution in [0.3, 0.4) is 0 Å². The van der Waals surface area contributed by atoms with Gasteiger partial charge in [0.1, 0.15) is 5.82 Å². The molecule has 0 spiro atoms. The number of hydrogen-bond acceptors (Lipinski definition) is 5. The van der Waals surface area contributed by atoms with Crippen LogP contribution in [0.2, 0.25) is 0 Å². The van der Waals surface area contributed by atoms with Crippen LogP contribution < -0.4 is 5.56 Å². The number of fused-ring (bicyclic) bond motifs is 1. The van der Waals surface area contributed by atoms with Gasteiger partial charge in [-0.1, -0.05) is 19.3 Å². The summed E-state index contributed by atoms with van der Waals surface area (Å²) in [5.74, 6) is 1.37. The van der Waals surface area contributed by atoms with Crippen LogP contribution >= 0.6 is 0 Å². The third-order valence-electron chi connectivity index (χ3n) is 7.39. The van der Waals surface area contributed by atoms with E-state index in [0.29, 0.717) is 24.5 Å². The van der Waals surface area contributed by atoms with Gasteiger partial charge in [-0.25, -0.2) is 4.98 Å². The normalized spacial score (nSPS) is 22.5. The first-order chi connectivity index (χ1) is 15.7. The molecule has 7 nitrogen and oxygen atoms in total. The Balaban J connectivity index is 1.35. The molecule has 1 N–H and O–H groups in total. The Morgan fingerprint density at radius 2 is 1.94 bits per heavy atom. The molecule has 0 bridgehead atoms. The van der Waals surface area contributed by atoms with E-state index in [0.717, 1.165) is 55.9 Å². The molecular formula is C25H33N5O2. The molecule has 1 saturated carbocycles. The molecule has 0 radical (unpaired) electrons. The Labute approximate surface area is 189 Å². The fourth-order valence-corrected chi connectivity index (χ4v) is 5.66. The molecule has 0 unspecified atom stereocenters. The highest BCUT2D eigenvalue weighted by molar-refractivity contribution is 5.94. The Kier molecular flexibility index (Phi) is 6.35. The lowest BCUT2D eigenvalue weighted by Gasteiger charge is -2.36. The molecule has 1 saturated heterocycles. The van der Waals surface area contributed by atoms with Crippen molar-refractivity contribution < 1.29 is 4.79 Å². The second-order valence-corrected chi connectivity index (χ2v) is 9.62. The Bertz CT molecular complexity index is 999.